The summed E-state index contributed by atoms with van der Waals surface area (Å²) >= 11 is 0. The van der Waals surface area contributed by atoms with Gasteiger partial charge in [-0.05, 0) is 37.7 Å². The molecular weight excluding hydrogens is 376 g/mol. The van der Waals surface area contributed by atoms with Gasteiger partial charge in [-0.2, -0.15) is 5.10 Å². The summed E-state index contributed by atoms with van der Waals surface area (Å²) in [5.74, 6) is 1.21. The van der Waals surface area contributed by atoms with Crippen molar-refractivity contribution in [1.82, 2.24) is 15.2 Å². The molecule has 1 saturated heterocycles. The van der Waals surface area contributed by atoms with Crippen LogP contribution in [0.3, 0.4) is 0 Å². The van der Waals surface area contributed by atoms with E-state index >= 15 is 0 Å². The quantitative estimate of drug-likeness (QED) is 0.747. The van der Waals surface area contributed by atoms with E-state index in [0.29, 0.717) is 24.9 Å². The van der Waals surface area contributed by atoms with E-state index in [-0.39, 0.29) is 30.2 Å². The highest BCUT2D eigenvalue weighted by atomic mass is 16.2. The van der Waals surface area contributed by atoms with E-state index < -0.39 is 0 Å². The van der Waals surface area contributed by atoms with E-state index in [4.69, 9.17) is 0 Å². The first-order chi connectivity index (χ1) is 14.2. The first kappa shape index (κ1) is 22.5. The highest BCUT2D eigenvalue weighted by molar-refractivity contribution is 6.02. The normalized spacial score (nSPS) is 22.7. The van der Waals surface area contributed by atoms with Crippen molar-refractivity contribution in [3.63, 3.8) is 0 Å². The molecule has 3 rings (SSSR count). The predicted octanol–water partition coefficient (Wildman–Crippen LogP) is 3.28. The monoisotopic (exact) mass is 412 g/mol. The Labute approximate surface area is 180 Å². The molecule has 2 aliphatic heterocycles. The number of nitrogens with zero attached hydrogens (tertiary/aromatic N) is 3. The number of amides is 2. The molecule has 2 heterocycles. The lowest BCUT2D eigenvalue weighted by atomic mass is 9.88. The van der Waals surface area contributed by atoms with E-state index in [1.54, 1.807) is 0 Å². The maximum atomic E-state index is 12.5. The van der Waals surface area contributed by atoms with Crippen LogP contribution in [0.15, 0.2) is 35.4 Å². The molecular formula is C24H36N4O2. The molecule has 0 saturated carbocycles. The number of piperidine rings is 1. The maximum absolute atomic E-state index is 12.5. The number of likely N-dealkylation sites (tertiary alicyclic amines) is 1. The zero-order valence-corrected chi connectivity index (χ0v) is 18.9. The molecule has 2 aliphatic rings. The molecule has 0 radical (unpaired) electrons. The molecule has 6 nitrogen and oxygen atoms in total. The number of carbonyl (C=O) groups is 2. The van der Waals surface area contributed by atoms with Gasteiger partial charge in [0.15, 0.2) is 0 Å². The second kappa shape index (κ2) is 9.73. The Morgan fingerprint density at radius 2 is 1.77 bits per heavy atom. The lowest BCUT2D eigenvalue weighted by molar-refractivity contribution is -0.133. The average Bonchev–Trinajstić information content (AvgIpc) is 3.21. The smallest absolute Gasteiger partial charge is 0.243 e. The number of carbonyl (C=O) groups excluding carboxylic acids is 2. The van der Waals surface area contributed by atoms with Gasteiger partial charge in [-0.3, -0.25) is 14.5 Å². The Morgan fingerprint density at radius 1 is 1.10 bits per heavy atom. The molecule has 0 unspecified atom stereocenters. The summed E-state index contributed by atoms with van der Waals surface area (Å²) in [5.41, 5.74) is 1.89. The van der Waals surface area contributed by atoms with Crippen LogP contribution < -0.4 is 5.32 Å². The Kier molecular flexibility index (Phi) is 7.29. The second-order valence-electron chi connectivity index (χ2n) is 9.62. The van der Waals surface area contributed by atoms with Crippen LogP contribution in [-0.2, 0) is 9.59 Å². The zero-order valence-electron chi connectivity index (χ0n) is 18.9. The van der Waals surface area contributed by atoms with Gasteiger partial charge >= 0.3 is 0 Å². The van der Waals surface area contributed by atoms with Crippen molar-refractivity contribution < 1.29 is 9.59 Å². The van der Waals surface area contributed by atoms with Gasteiger partial charge in [-0.25, -0.2) is 5.01 Å². The molecule has 1 aromatic rings. The Balaban J connectivity index is 1.43. The summed E-state index contributed by atoms with van der Waals surface area (Å²) in [5, 5.41) is 9.01. The Morgan fingerprint density at radius 3 is 2.43 bits per heavy atom. The van der Waals surface area contributed by atoms with Crippen LogP contribution in [0.5, 0.6) is 0 Å². The second-order valence-corrected chi connectivity index (χ2v) is 9.62. The maximum Gasteiger partial charge on any atom is 0.243 e. The summed E-state index contributed by atoms with van der Waals surface area (Å²) < 4.78 is 0. The van der Waals surface area contributed by atoms with Gasteiger partial charge in [0.2, 0.25) is 11.8 Å². The van der Waals surface area contributed by atoms with Crippen LogP contribution in [0.4, 0.5) is 0 Å². The van der Waals surface area contributed by atoms with Crippen LogP contribution in [0.2, 0.25) is 0 Å². The summed E-state index contributed by atoms with van der Waals surface area (Å²) in [6.07, 6.45) is 2.42. The first-order valence-corrected chi connectivity index (χ1v) is 11.2. The lowest BCUT2D eigenvalue weighted by Crippen LogP contribution is -2.56. The highest BCUT2D eigenvalue weighted by Gasteiger charge is 2.33. The summed E-state index contributed by atoms with van der Waals surface area (Å²) in [6, 6.07) is 9.92. The Bertz CT molecular complexity index is 765. The van der Waals surface area contributed by atoms with Crippen LogP contribution in [0.25, 0.3) is 0 Å². The molecule has 1 aromatic carbocycles. The molecule has 0 bridgehead atoms. The SMILES string of the molecule is C[C@H]1C[C@H](C)CN(C(C)(C)CNC(=O)CCC(=O)N2CCC(c3ccccc3)=N2)C1. The molecule has 0 aromatic heterocycles. The van der Waals surface area contributed by atoms with E-state index in [2.05, 4.69) is 43.0 Å². The number of hydrazone groups is 1. The first-order valence-electron chi connectivity index (χ1n) is 11.2. The standard InChI is InChI=1S/C24H36N4O2/c1-18-14-19(2)16-27(15-18)24(3,4)17-25-22(29)10-11-23(30)28-13-12-21(26-28)20-8-6-5-7-9-20/h5-9,18-19H,10-17H2,1-4H3,(H,25,29)/t18-,19-/m0/s1. The van der Waals surface area contributed by atoms with Crippen molar-refractivity contribution >= 4 is 17.5 Å². The third-order valence-electron chi connectivity index (χ3n) is 6.21. The van der Waals surface area contributed by atoms with Gasteiger partial charge in [0.05, 0.1) is 12.3 Å². The molecule has 1 N–H and O–H groups in total. The van der Waals surface area contributed by atoms with Crippen molar-refractivity contribution in [2.24, 2.45) is 16.9 Å². The minimum Gasteiger partial charge on any atom is -0.354 e. The fraction of sp³-hybridized carbons (Fsp3) is 0.625. The molecule has 0 spiro atoms. The highest BCUT2D eigenvalue weighted by Crippen LogP contribution is 2.26. The van der Waals surface area contributed by atoms with E-state index in [1.807, 2.05) is 30.3 Å². The molecule has 2 atom stereocenters. The third-order valence-corrected chi connectivity index (χ3v) is 6.21. The van der Waals surface area contributed by atoms with Crippen LogP contribution in [0.1, 0.15) is 58.9 Å². The van der Waals surface area contributed by atoms with Crippen molar-refractivity contribution in [1.29, 1.82) is 0 Å². The third kappa shape index (κ3) is 5.91. The Hall–Kier alpha value is -2.21. The lowest BCUT2D eigenvalue weighted by Gasteiger charge is -2.45. The number of nitrogens with one attached hydrogen (secondary N) is 1. The molecule has 6 heteroatoms. The number of hydrogen-bond donors (Lipinski definition) is 1. The van der Waals surface area contributed by atoms with Crippen LogP contribution in [0, 0.1) is 11.8 Å². The minimum absolute atomic E-state index is 0.0685. The van der Waals surface area contributed by atoms with E-state index in [0.717, 1.165) is 30.8 Å². The largest absolute Gasteiger partial charge is 0.354 e. The van der Waals surface area contributed by atoms with Crippen LogP contribution >= 0.6 is 0 Å². The predicted molar refractivity (Wildman–Crippen MR) is 120 cm³/mol. The van der Waals surface area contributed by atoms with Gasteiger partial charge in [0.25, 0.3) is 0 Å². The number of hydrogen-bond acceptors (Lipinski definition) is 4. The van der Waals surface area contributed by atoms with Gasteiger partial charge in [0, 0.05) is 44.4 Å². The van der Waals surface area contributed by atoms with Crippen LogP contribution in [-0.4, -0.2) is 59.2 Å². The molecule has 2 amide bonds. The summed E-state index contributed by atoms with van der Waals surface area (Å²) in [6.45, 7) is 12.3. The van der Waals surface area contributed by atoms with Gasteiger partial charge in [0.1, 0.15) is 0 Å². The van der Waals surface area contributed by atoms with Crippen molar-refractivity contribution in [2.45, 2.75) is 58.9 Å². The number of rotatable bonds is 7. The zero-order chi connectivity index (χ0) is 21.7. The average molecular weight is 413 g/mol. The summed E-state index contributed by atoms with van der Waals surface area (Å²) in [7, 11) is 0. The minimum atomic E-state index is -0.0908. The van der Waals surface area contributed by atoms with Gasteiger partial charge in [-0.15, -0.1) is 0 Å². The molecule has 1 fully saturated rings. The van der Waals surface area contributed by atoms with E-state index in [1.165, 1.54) is 11.4 Å². The van der Waals surface area contributed by atoms with Crippen molar-refractivity contribution in [3.8, 4) is 0 Å². The fourth-order valence-corrected chi connectivity index (χ4v) is 4.49. The summed E-state index contributed by atoms with van der Waals surface area (Å²) in [4.78, 5) is 27.3. The molecule has 0 aliphatic carbocycles. The van der Waals surface area contributed by atoms with E-state index in [9.17, 15) is 9.59 Å². The molecule has 30 heavy (non-hydrogen) atoms. The van der Waals surface area contributed by atoms with Crippen molar-refractivity contribution in [2.75, 3.05) is 26.2 Å². The van der Waals surface area contributed by atoms with Gasteiger partial charge in [-0.1, -0.05) is 44.2 Å². The number of benzene rings is 1. The van der Waals surface area contributed by atoms with Crippen molar-refractivity contribution in [3.05, 3.63) is 35.9 Å². The topological polar surface area (TPSA) is 65.0 Å². The van der Waals surface area contributed by atoms with Gasteiger partial charge < -0.3 is 5.32 Å². The fourth-order valence-electron chi connectivity index (χ4n) is 4.49. The molecule has 164 valence electrons.